The molecule has 3 aromatic rings. The van der Waals surface area contributed by atoms with E-state index in [0.29, 0.717) is 22.6 Å². The van der Waals surface area contributed by atoms with Crippen molar-refractivity contribution < 1.29 is 9.59 Å². The Kier molecular flexibility index (Phi) is 6.05. The number of fused-ring (bicyclic) bond motifs is 1. The predicted octanol–water partition coefficient (Wildman–Crippen LogP) is 4.23. The van der Waals surface area contributed by atoms with Crippen molar-refractivity contribution in [1.29, 1.82) is 0 Å². The highest BCUT2D eigenvalue weighted by Gasteiger charge is 2.16. The van der Waals surface area contributed by atoms with Crippen LogP contribution in [-0.2, 0) is 13.0 Å². The quantitative estimate of drug-likeness (QED) is 0.490. The van der Waals surface area contributed by atoms with E-state index in [1.54, 1.807) is 36.4 Å². The Hall–Kier alpha value is -2.93. The second-order valence-corrected chi connectivity index (χ2v) is 7.91. The molecule has 7 heteroatoms. The van der Waals surface area contributed by atoms with Gasteiger partial charge in [0.2, 0.25) is 0 Å². The van der Waals surface area contributed by atoms with Crippen molar-refractivity contribution in [3.05, 3.63) is 71.5 Å². The number of aromatic nitrogens is 3. The number of aryl methyl sites for hydroxylation is 1. The van der Waals surface area contributed by atoms with Crippen molar-refractivity contribution in [3.63, 3.8) is 0 Å². The Morgan fingerprint density at radius 2 is 1.72 bits per heavy atom. The van der Waals surface area contributed by atoms with Gasteiger partial charge >= 0.3 is 0 Å². The van der Waals surface area contributed by atoms with Crippen LogP contribution in [0.1, 0.15) is 45.8 Å². The van der Waals surface area contributed by atoms with Gasteiger partial charge in [-0.05, 0) is 49.2 Å². The van der Waals surface area contributed by atoms with Crippen LogP contribution in [0.4, 0.5) is 5.69 Å². The largest absolute Gasteiger partial charge is 0.322 e. The SMILES string of the molecule is O=C(CSc1nnc2n1CCCCC2)c1ccc(NC(=O)c2ccccc2)cc1. The highest BCUT2D eigenvalue weighted by Crippen LogP contribution is 2.23. The molecule has 0 fully saturated rings. The van der Waals surface area contributed by atoms with Crippen LogP contribution in [0.15, 0.2) is 59.8 Å². The number of amides is 1. The number of Topliss-reactive ketones (excluding diaryl/α,β-unsaturated/α-hetero) is 1. The molecule has 4 rings (SSSR count). The van der Waals surface area contributed by atoms with Gasteiger partial charge in [0, 0.05) is 29.8 Å². The monoisotopic (exact) mass is 406 g/mol. The molecule has 1 aromatic heterocycles. The number of hydrogen-bond acceptors (Lipinski definition) is 5. The molecule has 1 N–H and O–H groups in total. The van der Waals surface area contributed by atoms with Crippen molar-refractivity contribution in [2.45, 2.75) is 37.4 Å². The van der Waals surface area contributed by atoms with E-state index in [1.807, 2.05) is 18.2 Å². The van der Waals surface area contributed by atoms with Crippen molar-refractivity contribution in [2.24, 2.45) is 0 Å². The first-order valence-electron chi connectivity index (χ1n) is 9.75. The minimum atomic E-state index is -0.173. The molecule has 0 bridgehead atoms. The summed E-state index contributed by atoms with van der Waals surface area (Å²) in [5.74, 6) is 1.19. The summed E-state index contributed by atoms with van der Waals surface area (Å²) in [6.45, 7) is 0.925. The molecule has 6 nitrogen and oxygen atoms in total. The van der Waals surface area contributed by atoms with Crippen LogP contribution in [0.25, 0.3) is 0 Å². The summed E-state index contributed by atoms with van der Waals surface area (Å²) in [4.78, 5) is 24.8. The summed E-state index contributed by atoms with van der Waals surface area (Å²) in [6, 6.07) is 16.0. The van der Waals surface area contributed by atoms with Crippen LogP contribution in [0.5, 0.6) is 0 Å². The Morgan fingerprint density at radius 1 is 0.931 bits per heavy atom. The van der Waals surface area contributed by atoms with E-state index in [0.717, 1.165) is 36.8 Å². The molecule has 0 radical (unpaired) electrons. The smallest absolute Gasteiger partial charge is 0.255 e. The highest BCUT2D eigenvalue weighted by atomic mass is 32.2. The zero-order chi connectivity index (χ0) is 20.1. The topological polar surface area (TPSA) is 76.9 Å². The molecule has 0 saturated carbocycles. The molecule has 1 aliphatic rings. The molecular formula is C22H22N4O2S. The lowest BCUT2D eigenvalue weighted by Gasteiger charge is -2.07. The summed E-state index contributed by atoms with van der Waals surface area (Å²) in [6.07, 6.45) is 4.44. The fourth-order valence-corrected chi connectivity index (χ4v) is 4.19. The van der Waals surface area contributed by atoms with E-state index in [9.17, 15) is 9.59 Å². The van der Waals surface area contributed by atoms with Crippen LogP contribution in [0, 0.1) is 0 Å². The van der Waals surface area contributed by atoms with Crippen LogP contribution in [-0.4, -0.2) is 32.2 Å². The third-order valence-electron chi connectivity index (χ3n) is 4.91. The first kappa shape index (κ1) is 19.4. The van der Waals surface area contributed by atoms with Gasteiger partial charge in [-0.25, -0.2) is 0 Å². The maximum atomic E-state index is 12.6. The van der Waals surface area contributed by atoms with Gasteiger partial charge in [-0.3, -0.25) is 9.59 Å². The molecule has 1 aliphatic heterocycles. The normalized spacial score (nSPS) is 13.4. The Bertz CT molecular complexity index is 999. The lowest BCUT2D eigenvalue weighted by atomic mass is 10.1. The van der Waals surface area contributed by atoms with Gasteiger partial charge in [-0.1, -0.05) is 36.4 Å². The summed E-state index contributed by atoms with van der Waals surface area (Å²) in [5, 5.41) is 12.2. The average Bonchev–Trinajstić information content (AvgIpc) is 2.99. The number of rotatable bonds is 6. The molecule has 0 saturated heterocycles. The van der Waals surface area contributed by atoms with Crippen molar-refractivity contribution >= 4 is 29.1 Å². The number of nitrogens with zero attached hydrogens (tertiary/aromatic N) is 3. The molecule has 0 spiro atoms. The van der Waals surface area contributed by atoms with Gasteiger partial charge in [-0.2, -0.15) is 0 Å². The number of nitrogens with one attached hydrogen (secondary N) is 1. The van der Waals surface area contributed by atoms with Crippen LogP contribution in [0.2, 0.25) is 0 Å². The van der Waals surface area contributed by atoms with E-state index < -0.39 is 0 Å². The lowest BCUT2D eigenvalue weighted by molar-refractivity contribution is 0.101. The zero-order valence-corrected chi connectivity index (χ0v) is 16.8. The summed E-state index contributed by atoms with van der Waals surface area (Å²) in [7, 11) is 0. The predicted molar refractivity (Wildman–Crippen MR) is 113 cm³/mol. The van der Waals surface area contributed by atoms with Gasteiger partial charge in [0.15, 0.2) is 10.9 Å². The van der Waals surface area contributed by atoms with Gasteiger partial charge in [-0.15, -0.1) is 10.2 Å². The summed E-state index contributed by atoms with van der Waals surface area (Å²) >= 11 is 1.44. The van der Waals surface area contributed by atoms with Gasteiger partial charge in [0.25, 0.3) is 5.91 Å². The van der Waals surface area contributed by atoms with E-state index >= 15 is 0 Å². The number of benzene rings is 2. The number of anilines is 1. The molecule has 0 aliphatic carbocycles. The Morgan fingerprint density at radius 3 is 2.52 bits per heavy atom. The van der Waals surface area contributed by atoms with Crippen molar-refractivity contribution in [3.8, 4) is 0 Å². The van der Waals surface area contributed by atoms with Crippen LogP contribution in [0.3, 0.4) is 0 Å². The maximum absolute atomic E-state index is 12.6. The number of ketones is 1. The summed E-state index contributed by atoms with van der Waals surface area (Å²) in [5.41, 5.74) is 1.87. The number of carbonyl (C=O) groups is 2. The van der Waals surface area contributed by atoms with Gasteiger partial charge < -0.3 is 9.88 Å². The third-order valence-corrected chi connectivity index (χ3v) is 5.88. The minimum absolute atomic E-state index is 0.0295. The molecule has 0 unspecified atom stereocenters. The van der Waals surface area contributed by atoms with Gasteiger partial charge in [0.05, 0.1) is 5.75 Å². The standard InChI is InChI=1S/C22H22N4O2S/c27-19(15-29-22-25-24-20-9-5-2-6-14-26(20)22)16-10-12-18(13-11-16)23-21(28)17-7-3-1-4-8-17/h1,3-4,7-8,10-13H,2,5-6,9,14-15H2,(H,23,28). The number of thioether (sulfide) groups is 1. The molecule has 1 amide bonds. The zero-order valence-electron chi connectivity index (χ0n) is 16.0. The molecule has 0 atom stereocenters. The average molecular weight is 407 g/mol. The minimum Gasteiger partial charge on any atom is -0.322 e. The Labute approximate surface area is 173 Å². The second kappa shape index (κ2) is 9.05. The van der Waals surface area contributed by atoms with E-state index in [-0.39, 0.29) is 11.7 Å². The van der Waals surface area contributed by atoms with E-state index in [2.05, 4.69) is 20.1 Å². The molecule has 29 heavy (non-hydrogen) atoms. The van der Waals surface area contributed by atoms with Crippen LogP contribution < -0.4 is 5.32 Å². The fourth-order valence-electron chi connectivity index (χ4n) is 3.31. The summed E-state index contributed by atoms with van der Waals surface area (Å²) < 4.78 is 2.15. The van der Waals surface area contributed by atoms with Crippen molar-refractivity contribution in [1.82, 2.24) is 14.8 Å². The van der Waals surface area contributed by atoms with E-state index in [1.165, 1.54) is 18.2 Å². The van der Waals surface area contributed by atoms with Crippen molar-refractivity contribution in [2.75, 3.05) is 11.1 Å². The first-order chi connectivity index (χ1) is 14.2. The molecule has 2 heterocycles. The number of carbonyl (C=O) groups excluding carboxylic acids is 2. The van der Waals surface area contributed by atoms with Gasteiger partial charge in [0.1, 0.15) is 5.82 Å². The van der Waals surface area contributed by atoms with E-state index in [4.69, 9.17) is 0 Å². The third kappa shape index (κ3) is 4.74. The molecule has 148 valence electrons. The second-order valence-electron chi connectivity index (χ2n) is 6.97. The molecule has 2 aromatic carbocycles. The molecular weight excluding hydrogens is 384 g/mol. The Balaban J connectivity index is 1.35. The lowest BCUT2D eigenvalue weighted by Crippen LogP contribution is -2.12. The maximum Gasteiger partial charge on any atom is 0.255 e. The number of hydrogen-bond donors (Lipinski definition) is 1. The highest BCUT2D eigenvalue weighted by molar-refractivity contribution is 7.99. The van der Waals surface area contributed by atoms with Crippen LogP contribution >= 0.6 is 11.8 Å². The first-order valence-corrected chi connectivity index (χ1v) is 10.7. The fraction of sp³-hybridized carbons (Fsp3) is 0.273.